The van der Waals surface area contributed by atoms with Gasteiger partial charge in [0.25, 0.3) is 0 Å². The minimum absolute atomic E-state index is 0.552. The summed E-state index contributed by atoms with van der Waals surface area (Å²) < 4.78 is 0. The molecular formula is C14H6Cl4. The van der Waals surface area contributed by atoms with Crippen LogP contribution in [-0.2, 0) is 0 Å². The van der Waals surface area contributed by atoms with Crippen molar-refractivity contribution in [3.05, 3.63) is 67.6 Å². The van der Waals surface area contributed by atoms with E-state index in [2.05, 4.69) is 11.8 Å². The first kappa shape index (κ1) is 13.6. The van der Waals surface area contributed by atoms with Crippen LogP contribution in [0, 0.1) is 11.8 Å². The first-order valence-electron chi connectivity index (χ1n) is 4.97. The Morgan fingerprint density at radius 3 is 1.06 bits per heavy atom. The van der Waals surface area contributed by atoms with E-state index in [4.69, 9.17) is 46.4 Å². The number of rotatable bonds is 0. The van der Waals surface area contributed by atoms with Gasteiger partial charge >= 0.3 is 0 Å². The Bertz CT molecular complexity index is 555. The van der Waals surface area contributed by atoms with E-state index < -0.39 is 0 Å². The molecule has 0 saturated heterocycles. The molecular weight excluding hydrogens is 310 g/mol. The van der Waals surface area contributed by atoms with Crippen LogP contribution in [0.3, 0.4) is 0 Å². The van der Waals surface area contributed by atoms with Gasteiger partial charge in [-0.2, -0.15) is 0 Å². The summed E-state index contributed by atoms with van der Waals surface area (Å²) in [6.45, 7) is 0. The molecule has 2 rings (SSSR count). The highest BCUT2D eigenvalue weighted by atomic mass is 35.5. The fraction of sp³-hybridized carbons (Fsp3) is 0. The van der Waals surface area contributed by atoms with Crippen LogP contribution in [0.25, 0.3) is 0 Å². The summed E-state index contributed by atoms with van der Waals surface area (Å²) in [7, 11) is 0. The van der Waals surface area contributed by atoms with Gasteiger partial charge in [0.2, 0.25) is 0 Å². The van der Waals surface area contributed by atoms with E-state index in [1.165, 1.54) is 0 Å². The minimum atomic E-state index is 0.552. The Labute approximate surface area is 125 Å². The monoisotopic (exact) mass is 314 g/mol. The molecule has 0 heterocycles. The molecule has 2 aromatic rings. The molecule has 0 fully saturated rings. The van der Waals surface area contributed by atoms with Gasteiger partial charge in [-0.15, -0.1) is 0 Å². The fourth-order valence-electron chi connectivity index (χ4n) is 1.40. The molecule has 0 amide bonds. The number of hydrogen-bond acceptors (Lipinski definition) is 0. The molecule has 0 bridgehead atoms. The van der Waals surface area contributed by atoms with Crippen molar-refractivity contribution in [2.45, 2.75) is 0 Å². The topological polar surface area (TPSA) is 0 Å². The predicted octanol–water partition coefficient (Wildman–Crippen LogP) is 5.70. The molecule has 0 atom stereocenters. The van der Waals surface area contributed by atoms with E-state index in [1.54, 1.807) is 36.4 Å². The van der Waals surface area contributed by atoms with Crippen LogP contribution in [-0.4, -0.2) is 0 Å². The van der Waals surface area contributed by atoms with Gasteiger partial charge in [-0.25, -0.2) is 0 Å². The maximum Gasteiger partial charge on any atom is 0.0433 e. The molecule has 90 valence electrons. The average molecular weight is 316 g/mol. The largest absolute Gasteiger partial charge is 0.0842 e. The van der Waals surface area contributed by atoms with E-state index in [1.807, 2.05) is 0 Å². The van der Waals surface area contributed by atoms with Crippen LogP contribution in [0.4, 0.5) is 0 Å². The first-order valence-corrected chi connectivity index (χ1v) is 6.48. The normalized spacial score (nSPS) is 9.78. The van der Waals surface area contributed by atoms with Crippen LogP contribution in [0.2, 0.25) is 20.1 Å². The Balaban J connectivity index is 2.36. The average Bonchev–Trinajstić information content (AvgIpc) is 2.23. The summed E-state index contributed by atoms with van der Waals surface area (Å²) in [5.74, 6) is 5.92. The number of hydrogen-bond donors (Lipinski definition) is 0. The van der Waals surface area contributed by atoms with Gasteiger partial charge in [0.05, 0.1) is 0 Å². The lowest BCUT2D eigenvalue weighted by molar-refractivity contribution is 1.62. The van der Waals surface area contributed by atoms with Gasteiger partial charge in [-0.05, 0) is 36.4 Å². The molecule has 0 aliphatic heterocycles. The molecule has 0 saturated carbocycles. The van der Waals surface area contributed by atoms with E-state index >= 15 is 0 Å². The summed E-state index contributed by atoms with van der Waals surface area (Å²) >= 11 is 23.6. The molecule has 0 spiro atoms. The smallest absolute Gasteiger partial charge is 0.0433 e. The molecule has 0 N–H and O–H groups in total. The molecule has 0 aromatic heterocycles. The second kappa shape index (κ2) is 5.87. The highest BCUT2D eigenvalue weighted by Crippen LogP contribution is 2.20. The van der Waals surface area contributed by atoms with Crippen molar-refractivity contribution >= 4 is 46.4 Å². The van der Waals surface area contributed by atoms with Crippen molar-refractivity contribution in [1.82, 2.24) is 0 Å². The fourth-order valence-corrected chi connectivity index (χ4v) is 2.45. The van der Waals surface area contributed by atoms with Crippen LogP contribution in [0.1, 0.15) is 11.1 Å². The van der Waals surface area contributed by atoms with E-state index in [-0.39, 0.29) is 0 Å². The molecule has 0 nitrogen and oxygen atoms in total. The van der Waals surface area contributed by atoms with Crippen LogP contribution in [0.5, 0.6) is 0 Å². The van der Waals surface area contributed by atoms with Crippen molar-refractivity contribution in [3.63, 3.8) is 0 Å². The summed E-state index contributed by atoms with van der Waals surface area (Å²) in [4.78, 5) is 0. The van der Waals surface area contributed by atoms with E-state index in [0.29, 0.717) is 20.1 Å². The first-order chi connectivity index (χ1) is 8.52. The van der Waals surface area contributed by atoms with E-state index in [0.717, 1.165) is 11.1 Å². The lowest BCUT2D eigenvalue weighted by atomic mass is 10.2. The van der Waals surface area contributed by atoms with Gasteiger partial charge in [0.1, 0.15) is 0 Å². The zero-order chi connectivity index (χ0) is 13.1. The van der Waals surface area contributed by atoms with E-state index in [9.17, 15) is 0 Å². The predicted molar refractivity (Wildman–Crippen MR) is 78.9 cm³/mol. The summed E-state index contributed by atoms with van der Waals surface area (Å²) in [5, 5.41) is 2.21. The number of halogens is 4. The van der Waals surface area contributed by atoms with Gasteiger partial charge in [-0.3, -0.25) is 0 Å². The van der Waals surface area contributed by atoms with Crippen molar-refractivity contribution in [3.8, 4) is 11.8 Å². The van der Waals surface area contributed by atoms with Crippen LogP contribution in [0.15, 0.2) is 36.4 Å². The third kappa shape index (κ3) is 3.83. The van der Waals surface area contributed by atoms with Gasteiger partial charge < -0.3 is 0 Å². The highest BCUT2D eigenvalue weighted by Gasteiger charge is 1.97. The maximum atomic E-state index is 5.89. The summed E-state index contributed by atoms with van der Waals surface area (Å²) in [6, 6.07) is 10.3. The Kier molecular flexibility index (Phi) is 4.43. The summed E-state index contributed by atoms with van der Waals surface area (Å²) in [6.07, 6.45) is 0. The SMILES string of the molecule is Clc1cc(Cl)cc(C#Cc2cc(Cl)cc(Cl)c2)c1. The van der Waals surface area contributed by atoms with Crippen LogP contribution >= 0.6 is 46.4 Å². The van der Waals surface area contributed by atoms with Gasteiger partial charge in [0, 0.05) is 31.2 Å². The van der Waals surface area contributed by atoms with Crippen molar-refractivity contribution in [2.75, 3.05) is 0 Å². The molecule has 4 heteroatoms. The number of benzene rings is 2. The van der Waals surface area contributed by atoms with Crippen molar-refractivity contribution in [1.29, 1.82) is 0 Å². The lowest BCUT2D eigenvalue weighted by Crippen LogP contribution is -1.78. The molecule has 2 aromatic carbocycles. The Morgan fingerprint density at radius 1 is 0.500 bits per heavy atom. The zero-order valence-electron chi connectivity index (χ0n) is 8.98. The minimum Gasteiger partial charge on any atom is -0.0842 e. The lowest BCUT2D eigenvalue weighted by Gasteiger charge is -1.96. The summed E-state index contributed by atoms with van der Waals surface area (Å²) in [5.41, 5.74) is 1.48. The third-order valence-corrected chi connectivity index (χ3v) is 2.95. The van der Waals surface area contributed by atoms with Gasteiger partial charge in [0.15, 0.2) is 0 Å². The van der Waals surface area contributed by atoms with Crippen molar-refractivity contribution in [2.24, 2.45) is 0 Å². The molecule has 0 radical (unpaired) electrons. The third-order valence-electron chi connectivity index (χ3n) is 2.08. The quantitative estimate of drug-likeness (QED) is 0.547. The molecule has 0 unspecified atom stereocenters. The van der Waals surface area contributed by atoms with Crippen molar-refractivity contribution < 1.29 is 0 Å². The standard InChI is InChI=1S/C14H6Cl4/c15-11-3-9(4-12(16)7-11)1-2-10-5-13(17)8-14(18)6-10/h3-8H. The maximum absolute atomic E-state index is 5.89. The molecule has 18 heavy (non-hydrogen) atoms. The molecule has 0 aliphatic rings. The zero-order valence-corrected chi connectivity index (χ0v) is 12.0. The Hall–Kier alpha value is -0.840. The second-order valence-corrected chi connectivity index (χ2v) is 5.31. The second-order valence-electron chi connectivity index (χ2n) is 3.57. The highest BCUT2D eigenvalue weighted by molar-refractivity contribution is 6.35. The molecule has 0 aliphatic carbocycles. The van der Waals surface area contributed by atoms with Gasteiger partial charge in [-0.1, -0.05) is 58.2 Å². The Morgan fingerprint density at radius 2 is 0.778 bits per heavy atom. The van der Waals surface area contributed by atoms with Crippen LogP contribution < -0.4 is 0 Å².